The highest BCUT2D eigenvalue weighted by molar-refractivity contribution is 7.89. The van der Waals surface area contributed by atoms with Crippen molar-refractivity contribution in [2.45, 2.75) is 37.7 Å². The topological polar surface area (TPSA) is 50.5 Å². The Morgan fingerprint density at radius 1 is 0.875 bits per heavy atom. The summed E-state index contributed by atoms with van der Waals surface area (Å²) in [4.78, 5) is 0. The number of hydrogen-bond donors (Lipinski definition) is 0. The van der Waals surface area contributed by atoms with E-state index in [1.165, 1.54) is 27.8 Å². The summed E-state index contributed by atoms with van der Waals surface area (Å²) in [6.45, 7) is 5.31. The van der Waals surface area contributed by atoms with E-state index in [9.17, 15) is 8.42 Å². The number of aryl methyl sites for hydroxylation is 1. The molecule has 1 aliphatic rings. The van der Waals surface area contributed by atoms with E-state index in [-0.39, 0.29) is 5.09 Å². The van der Waals surface area contributed by atoms with E-state index in [1.54, 1.807) is 16.4 Å². The standard InChI is InChI=1S/C27H27NO3S/c1-19-6-5-8-25(20(19)2)23-12-10-21(11-13-23)22-14-16-28(17-15-22)32(29,30)27-18-24-7-3-4-9-26(24)31-27/h3-13,18,22H,14-17H2,1-2H3. The zero-order chi connectivity index (χ0) is 22.3. The second kappa shape index (κ2) is 8.23. The van der Waals surface area contributed by atoms with E-state index in [0.29, 0.717) is 24.6 Å². The molecule has 2 heterocycles. The molecule has 0 saturated carbocycles. The summed E-state index contributed by atoms with van der Waals surface area (Å²) < 4.78 is 33.4. The van der Waals surface area contributed by atoms with Crippen LogP contribution in [0.15, 0.2) is 82.3 Å². The van der Waals surface area contributed by atoms with E-state index >= 15 is 0 Å². The van der Waals surface area contributed by atoms with E-state index in [2.05, 4.69) is 56.3 Å². The summed E-state index contributed by atoms with van der Waals surface area (Å²) in [5.74, 6) is 0.366. The van der Waals surface area contributed by atoms with Crippen LogP contribution in [0.5, 0.6) is 0 Å². The molecule has 3 aromatic carbocycles. The number of nitrogens with zero attached hydrogens (tertiary/aromatic N) is 1. The Balaban J connectivity index is 1.29. The van der Waals surface area contributed by atoms with E-state index < -0.39 is 10.0 Å². The average molecular weight is 446 g/mol. The molecule has 0 atom stereocenters. The highest BCUT2D eigenvalue weighted by atomic mass is 32.2. The van der Waals surface area contributed by atoms with Crippen molar-refractivity contribution in [1.29, 1.82) is 0 Å². The number of piperidine rings is 1. The SMILES string of the molecule is Cc1cccc(-c2ccc(C3CCN(S(=O)(=O)c4cc5ccccc5o4)CC3)cc2)c1C. The quantitative estimate of drug-likeness (QED) is 0.371. The van der Waals surface area contributed by atoms with Gasteiger partial charge in [0, 0.05) is 24.5 Å². The number of fused-ring (bicyclic) bond motifs is 1. The molecular weight excluding hydrogens is 418 g/mol. The van der Waals surface area contributed by atoms with Gasteiger partial charge in [0.15, 0.2) is 0 Å². The average Bonchev–Trinajstić information content (AvgIpc) is 3.27. The molecule has 0 unspecified atom stereocenters. The van der Waals surface area contributed by atoms with Crippen molar-refractivity contribution in [1.82, 2.24) is 4.31 Å². The van der Waals surface area contributed by atoms with Crippen LogP contribution in [0.2, 0.25) is 0 Å². The molecule has 1 aromatic heterocycles. The van der Waals surface area contributed by atoms with Gasteiger partial charge in [-0.15, -0.1) is 0 Å². The van der Waals surface area contributed by atoms with Crippen LogP contribution in [0.25, 0.3) is 22.1 Å². The fourth-order valence-corrected chi connectivity index (χ4v) is 6.06. The van der Waals surface area contributed by atoms with Gasteiger partial charge in [0.2, 0.25) is 5.09 Å². The van der Waals surface area contributed by atoms with Crippen LogP contribution in [0.3, 0.4) is 0 Å². The van der Waals surface area contributed by atoms with Gasteiger partial charge in [-0.2, -0.15) is 4.31 Å². The highest BCUT2D eigenvalue weighted by Crippen LogP contribution is 2.34. The van der Waals surface area contributed by atoms with Gasteiger partial charge >= 0.3 is 0 Å². The molecule has 5 heteroatoms. The molecule has 0 amide bonds. The summed E-state index contributed by atoms with van der Waals surface area (Å²) >= 11 is 0. The predicted molar refractivity (Wildman–Crippen MR) is 128 cm³/mol. The fourth-order valence-electron chi connectivity index (χ4n) is 4.64. The highest BCUT2D eigenvalue weighted by Gasteiger charge is 2.32. The molecule has 0 bridgehead atoms. The molecule has 32 heavy (non-hydrogen) atoms. The van der Waals surface area contributed by atoms with Gasteiger partial charge in [-0.25, -0.2) is 8.42 Å². The first-order valence-electron chi connectivity index (χ1n) is 11.1. The second-order valence-corrected chi connectivity index (χ2v) is 10.5. The molecule has 1 saturated heterocycles. The molecule has 5 rings (SSSR count). The summed E-state index contributed by atoms with van der Waals surface area (Å²) in [7, 11) is -3.61. The van der Waals surface area contributed by atoms with Gasteiger partial charge in [0.05, 0.1) is 0 Å². The van der Waals surface area contributed by atoms with Crippen molar-refractivity contribution in [2.24, 2.45) is 0 Å². The minimum atomic E-state index is -3.61. The zero-order valence-electron chi connectivity index (χ0n) is 18.4. The van der Waals surface area contributed by atoms with Crippen molar-refractivity contribution in [2.75, 3.05) is 13.1 Å². The third-order valence-corrected chi connectivity index (χ3v) is 8.50. The van der Waals surface area contributed by atoms with Crippen LogP contribution >= 0.6 is 0 Å². The van der Waals surface area contributed by atoms with Crippen molar-refractivity contribution < 1.29 is 12.8 Å². The molecule has 0 radical (unpaired) electrons. The van der Waals surface area contributed by atoms with Crippen LogP contribution in [-0.4, -0.2) is 25.8 Å². The van der Waals surface area contributed by atoms with Gasteiger partial charge < -0.3 is 4.42 Å². The van der Waals surface area contributed by atoms with Gasteiger partial charge in [-0.05, 0) is 66.5 Å². The van der Waals surface area contributed by atoms with Gasteiger partial charge in [-0.1, -0.05) is 60.7 Å². The van der Waals surface area contributed by atoms with Crippen LogP contribution in [0, 0.1) is 13.8 Å². The Morgan fingerprint density at radius 3 is 2.31 bits per heavy atom. The number of benzene rings is 3. The maximum absolute atomic E-state index is 13.1. The monoisotopic (exact) mass is 445 g/mol. The Hall–Kier alpha value is -2.89. The zero-order valence-corrected chi connectivity index (χ0v) is 19.2. The number of para-hydroxylation sites is 1. The van der Waals surface area contributed by atoms with Gasteiger partial charge in [0.1, 0.15) is 5.58 Å². The van der Waals surface area contributed by atoms with E-state index in [0.717, 1.165) is 18.2 Å². The number of hydrogen-bond acceptors (Lipinski definition) is 3. The maximum Gasteiger partial charge on any atom is 0.276 e. The van der Waals surface area contributed by atoms with E-state index in [1.807, 2.05) is 18.2 Å². The Morgan fingerprint density at radius 2 is 1.59 bits per heavy atom. The molecule has 164 valence electrons. The molecule has 1 fully saturated rings. The lowest BCUT2D eigenvalue weighted by atomic mass is 9.88. The molecule has 0 aliphatic carbocycles. The lowest BCUT2D eigenvalue weighted by Gasteiger charge is -2.30. The number of sulfonamides is 1. The summed E-state index contributed by atoms with van der Waals surface area (Å²) in [5, 5.41) is 0.847. The van der Waals surface area contributed by atoms with E-state index in [4.69, 9.17) is 4.42 Å². The van der Waals surface area contributed by atoms with Gasteiger partial charge in [-0.3, -0.25) is 0 Å². The van der Waals surface area contributed by atoms with Crippen molar-refractivity contribution >= 4 is 21.0 Å². The van der Waals surface area contributed by atoms with Crippen LogP contribution in [0.1, 0.15) is 35.4 Å². The predicted octanol–water partition coefficient (Wildman–Crippen LogP) is 6.28. The number of furan rings is 1. The van der Waals surface area contributed by atoms with Crippen LogP contribution in [-0.2, 0) is 10.0 Å². The van der Waals surface area contributed by atoms with Crippen molar-refractivity contribution in [3.05, 3.63) is 89.5 Å². The minimum Gasteiger partial charge on any atom is -0.443 e. The van der Waals surface area contributed by atoms with Gasteiger partial charge in [0.25, 0.3) is 10.0 Å². The lowest BCUT2D eigenvalue weighted by molar-refractivity contribution is 0.311. The number of rotatable bonds is 4. The molecule has 0 spiro atoms. The third-order valence-electron chi connectivity index (χ3n) is 6.75. The summed E-state index contributed by atoms with van der Waals surface area (Å²) in [6.07, 6.45) is 1.62. The normalized spacial score (nSPS) is 15.9. The molecule has 0 N–H and O–H groups in total. The second-order valence-electron chi connectivity index (χ2n) is 8.65. The first-order chi connectivity index (χ1) is 15.4. The third kappa shape index (κ3) is 3.76. The molecule has 4 nitrogen and oxygen atoms in total. The summed E-state index contributed by atoms with van der Waals surface area (Å²) in [6, 6.07) is 24.2. The lowest BCUT2D eigenvalue weighted by Crippen LogP contribution is -2.37. The Kier molecular flexibility index (Phi) is 5.39. The maximum atomic E-state index is 13.1. The molecular formula is C27H27NO3S. The molecule has 4 aromatic rings. The van der Waals surface area contributed by atoms with Crippen LogP contribution in [0.4, 0.5) is 0 Å². The minimum absolute atomic E-state index is 0.0371. The summed E-state index contributed by atoms with van der Waals surface area (Å²) in [5.41, 5.74) is 6.97. The molecule has 1 aliphatic heterocycles. The first-order valence-corrected chi connectivity index (χ1v) is 12.5. The van der Waals surface area contributed by atoms with Crippen molar-refractivity contribution in [3.8, 4) is 11.1 Å². The van der Waals surface area contributed by atoms with Crippen LogP contribution < -0.4 is 0 Å². The Labute approximate surface area is 189 Å². The van der Waals surface area contributed by atoms with Crippen molar-refractivity contribution in [3.63, 3.8) is 0 Å². The smallest absolute Gasteiger partial charge is 0.276 e. The fraction of sp³-hybridized carbons (Fsp3) is 0.259. The Bertz CT molecular complexity index is 1330. The largest absolute Gasteiger partial charge is 0.443 e. The first kappa shape index (κ1) is 21.0.